The van der Waals surface area contributed by atoms with E-state index >= 15 is 0 Å². The molecule has 0 aromatic rings. The Morgan fingerprint density at radius 2 is 2.20 bits per heavy atom. The Morgan fingerprint density at radius 1 is 1.60 bits per heavy atom. The smallest absolute Gasteiger partial charge is 0.307 e. The maximum Gasteiger partial charge on any atom is 0.307 e. The van der Waals surface area contributed by atoms with Gasteiger partial charge in [0.2, 0.25) is 0 Å². The molecule has 0 aromatic heterocycles. The average Bonchev–Trinajstić information content (AvgIpc) is 2.15. The molecular formula is C10H21NO4. The number of carbonyl (C=O) groups excluding carboxylic acids is 1. The van der Waals surface area contributed by atoms with Crippen molar-refractivity contribution in [2.45, 2.75) is 38.8 Å². The topological polar surface area (TPSA) is 78.8 Å². The van der Waals surface area contributed by atoms with Gasteiger partial charge >= 0.3 is 5.97 Å². The quantitative estimate of drug-likeness (QED) is 0.511. The molecule has 0 saturated heterocycles. The third kappa shape index (κ3) is 7.30. The maximum absolute atomic E-state index is 11.1. The second kappa shape index (κ2) is 6.76. The third-order valence-corrected chi connectivity index (χ3v) is 1.95. The predicted molar refractivity (Wildman–Crippen MR) is 56.4 cm³/mol. The zero-order valence-corrected chi connectivity index (χ0v) is 9.62. The van der Waals surface area contributed by atoms with Crippen molar-refractivity contribution in [2.75, 3.05) is 19.8 Å². The summed E-state index contributed by atoms with van der Waals surface area (Å²) in [7, 11) is 0. The second-order valence-electron chi connectivity index (χ2n) is 3.95. The van der Waals surface area contributed by atoms with Gasteiger partial charge in [0.15, 0.2) is 0 Å². The summed E-state index contributed by atoms with van der Waals surface area (Å²) in [5, 5.41) is 21.2. The molecule has 0 bridgehead atoms. The minimum atomic E-state index is -1.15. The fraction of sp³-hybridized carbons (Fsp3) is 0.900. The number of rotatable bonds is 7. The molecule has 2 atom stereocenters. The monoisotopic (exact) mass is 219 g/mol. The first-order chi connectivity index (χ1) is 6.91. The van der Waals surface area contributed by atoms with Gasteiger partial charge in [0.25, 0.3) is 0 Å². The second-order valence-corrected chi connectivity index (χ2v) is 3.95. The number of hydrogen-bond donors (Lipinski definition) is 3. The van der Waals surface area contributed by atoms with Crippen LogP contribution in [0.2, 0.25) is 0 Å². The lowest BCUT2D eigenvalue weighted by Gasteiger charge is -2.23. The van der Waals surface area contributed by atoms with Gasteiger partial charge in [0.05, 0.1) is 25.2 Å². The summed E-state index contributed by atoms with van der Waals surface area (Å²) in [6.45, 7) is 5.41. The minimum Gasteiger partial charge on any atom is -0.466 e. The highest BCUT2D eigenvalue weighted by Crippen LogP contribution is 2.01. The Morgan fingerprint density at radius 3 is 2.67 bits per heavy atom. The van der Waals surface area contributed by atoms with Gasteiger partial charge in [-0.2, -0.15) is 0 Å². The van der Waals surface area contributed by atoms with Crippen molar-refractivity contribution in [2.24, 2.45) is 0 Å². The Hall–Kier alpha value is -0.650. The molecule has 0 spiro atoms. The molecule has 15 heavy (non-hydrogen) atoms. The van der Waals surface area contributed by atoms with E-state index in [1.165, 1.54) is 6.92 Å². The minimum absolute atomic E-state index is 0.0814. The first-order valence-electron chi connectivity index (χ1n) is 5.13. The summed E-state index contributed by atoms with van der Waals surface area (Å²) < 4.78 is 4.78. The van der Waals surface area contributed by atoms with Crippen LogP contribution in [0, 0.1) is 0 Å². The molecule has 3 N–H and O–H groups in total. The Kier molecular flexibility index (Phi) is 6.47. The molecule has 0 heterocycles. The molecular weight excluding hydrogens is 198 g/mol. The van der Waals surface area contributed by atoms with Crippen LogP contribution in [0.25, 0.3) is 0 Å². The Balaban J connectivity index is 3.75. The van der Waals surface area contributed by atoms with Crippen LogP contribution in [0.15, 0.2) is 0 Å². The van der Waals surface area contributed by atoms with E-state index in [9.17, 15) is 9.90 Å². The Bertz CT molecular complexity index is 194. The van der Waals surface area contributed by atoms with Crippen molar-refractivity contribution >= 4 is 5.97 Å². The molecule has 5 heteroatoms. The lowest BCUT2D eigenvalue weighted by atomic mass is 10.1. The van der Waals surface area contributed by atoms with Gasteiger partial charge in [0, 0.05) is 12.6 Å². The summed E-state index contributed by atoms with van der Waals surface area (Å²) in [6.07, 6.45) is 0.259. The lowest BCUT2D eigenvalue weighted by Crippen LogP contribution is -2.44. The number of esters is 1. The highest BCUT2D eigenvalue weighted by molar-refractivity contribution is 5.69. The summed E-state index contributed by atoms with van der Waals surface area (Å²) in [5.74, 6) is -0.263. The molecule has 5 nitrogen and oxygen atoms in total. The molecule has 0 amide bonds. The number of nitrogens with one attached hydrogen (secondary N) is 1. The fourth-order valence-corrected chi connectivity index (χ4v) is 0.992. The van der Waals surface area contributed by atoms with Gasteiger partial charge in [0.1, 0.15) is 0 Å². The first-order valence-corrected chi connectivity index (χ1v) is 5.13. The third-order valence-electron chi connectivity index (χ3n) is 1.95. The van der Waals surface area contributed by atoms with Crippen molar-refractivity contribution in [3.05, 3.63) is 0 Å². The zero-order valence-electron chi connectivity index (χ0n) is 9.62. The summed E-state index contributed by atoms with van der Waals surface area (Å²) in [6, 6.07) is -0.0814. The summed E-state index contributed by atoms with van der Waals surface area (Å²) in [5.41, 5.74) is -1.15. The lowest BCUT2D eigenvalue weighted by molar-refractivity contribution is -0.143. The van der Waals surface area contributed by atoms with Gasteiger partial charge < -0.3 is 20.3 Å². The number of aliphatic hydroxyl groups is 2. The van der Waals surface area contributed by atoms with Crippen molar-refractivity contribution in [1.29, 1.82) is 0 Å². The largest absolute Gasteiger partial charge is 0.466 e. The highest BCUT2D eigenvalue weighted by Gasteiger charge is 2.20. The highest BCUT2D eigenvalue weighted by atomic mass is 16.5. The van der Waals surface area contributed by atoms with Crippen LogP contribution in [0.3, 0.4) is 0 Å². The molecule has 0 aliphatic carbocycles. The summed E-state index contributed by atoms with van der Waals surface area (Å²) >= 11 is 0. The molecule has 0 fully saturated rings. The van der Waals surface area contributed by atoms with Crippen LogP contribution in [0.5, 0.6) is 0 Å². The van der Waals surface area contributed by atoms with Crippen molar-refractivity contribution < 1.29 is 19.7 Å². The van der Waals surface area contributed by atoms with Crippen molar-refractivity contribution in [3.63, 3.8) is 0 Å². The van der Waals surface area contributed by atoms with Crippen LogP contribution in [0.1, 0.15) is 27.2 Å². The van der Waals surface area contributed by atoms with Gasteiger partial charge in [-0.25, -0.2) is 0 Å². The molecule has 2 unspecified atom stereocenters. The van der Waals surface area contributed by atoms with Crippen LogP contribution in [-0.4, -0.2) is 47.6 Å². The molecule has 0 aromatic carbocycles. The fourth-order valence-electron chi connectivity index (χ4n) is 0.992. The zero-order chi connectivity index (χ0) is 11.9. The van der Waals surface area contributed by atoms with Gasteiger partial charge in [-0.05, 0) is 20.8 Å². The van der Waals surface area contributed by atoms with Gasteiger partial charge in [-0.1, -0.05) is 0 Å². The number of aliphatic hydroxyl groups excluding tert-OH is 1. The van der Waals surface area contributed by atoms with E-state index in [-0.39, 0.29) is 31.6 Å². The van der Waals surface area contributed by atoms with E-state index in [0.717, 1.165) is 0 Å². The van der Waals surface area contributed by atoms with Crippen molar-refractivity contribution in [3.8, 4) is 0 Å². The van der Waals surface area contributed by atoms with Crippen LogP contribution < -0.4 is 5.32 Å². The molecule has 0 aliphatic heterocycles. The van der Waals surface area contributed by atoms with Gasteiger partial charge in [-0.3, -0.25) is 4.79 Å². The number of ether oxygens (including phenoxy) is 1. The van der Waals surface area contributed by atoms with Crippen LogP contribution in [-0.2, 0) is 9.53 Å². The van der Waals surface area contributed by atoms with Crippen LogP contribution in [0.4, 0.5) is 0 Å². The first kappa shape index (κ1) is 14.3. The van der Waals surface area contributed by atoms with E-state index in [2.05, 4.69) is 5.32 Å². The van der Waals surface area contributed by atoms with E-state index < -0.39 is 5.60 Å². The SMILES string of the molecule is CCOC(=O)CC(C)NCC(C)(O)CO. The molecule has 0 radical (unpaired) electrons. The van der Waals surface area contributed by atoms with E-state index in [1.54, 1.807) is 6.92 Å². The maximum atomic E-state index is 11.1. The van der Waals surface area contributed by atoms with E-state index in [1.807, 2.05) is 6.92 Å². The predicted octanol–water partition coefficient (Wildman–Crippen LogP) is -0.339. The standard InChI is InChI=1S/C10H21NO4/c1-4-15-9(13)5-8(2)11-6-10(3,14)7-12/h8,11-12,14H,4-7H2,1-3H3. The van der Waals surface area contributed by atoms with E-state index in [4.69, 9.17) is 9.84 Å². The Labute approximate surface area is 90.4 Å². The average molecular weight is 219 g/mol. The summed E-state index contributed by atoms with van der Waals surface area (Å²) in [4.78, 5) is 11.1. The van der Waals surface area contributed by atoms with Crippen LogP contribution >= 0.6 is 0 Å². The molecule has 0 rings (SSSR count). The molecule has 0 aliphatic rings. The molecule has 90 valence electrons. The van der Waals surface area contributed by atoms with Crippen molar-refractivity contribution in [1.82, 2.24) is 5.32 Å². The normalized spacial score (nSPS) is 16.9. The van der Waals surface area contributed by atoms with Gasteiger partial charge in [-0.15, -0.1) is 0 Å². The molecule has 0 saturated carbocycles. The number of carbonyl (C=O) groups is 1. The van der Waals surface area contributed by atoms with E-state index in [0.29, 0.717) is 6.61 Å². The number of hydrogen-bond acceptors (Lipinski definition) is 5.